The molecule has 0 aromatic carbocycles. The second-order valence-corrected chi connectivity index (χ2v) is 4.95. The molecule has 2 heterocycles. The fraction of sp³-hybridized carbons (Fsp3) is 0.364. The van der Waals surface area contributed by atoms with Crippen LogP contribution >= 0.6 is 11.3 Å². The summed E-state index contributed by atoms with van der Waals surface area (Å²) in [7, 11) is 0. The van der Waals surface area contributed by atoms with Crippen LogP contribution in [-0.2, 0) is 6.42 Å². The summed E-state index contributed by atoms with van der Waals surface area (Å²) in [6.45, 7) is 4.01. The quantitative estimate of drug-likeness (QED) is 0.905. The fourth-order valence-electron chi connectivity index (χ4n) is 1.47. The fourth-order valence-corrected chi connectivity index (χ4v) is 2.02. The van der Waals surface area contributed by atoms with E-state index < -0.39 is 5.97 Å². The first-order chi connectivity index (χ1) is 8.08. The molecule has 0 bridgehead atoms. The largest absolute Gasteiger partial charge is 0.475 e. The van der Waals surface area contributed by atoms with Crippen molar-refractivity contribution >= 4 is 17.3 Å². The van der Waals surface area contributed by atoms with Crippen LogP contribution in [0.4, 0.5) is 0 Å². The number of nitrogens with zero attached hydrogens (tertiary/aromatic N) is 2. The number of carboxylic acid groups (broad SMARTS) is 1. The molecule has 0 amide bonds. The minimum absolute atomic E-state index is 0.0675. The van der Waals surface area contributed by atoms with Crippen molar-refractivity contribution in [2.75, 3.05) is 0 Å². The molecule has 0 aliphatic heterocycles. The van der Waals surface area contributed by atoms with Crippen LogP contribution in [0.1, 0.15) is 30.1 Å². The minimum Gasteiger partial charge on any atom is -0.475 e. The van der Waals surface area contributed by atoms with Gasteiger partial charge in [0, 0.05) is 0 Å². The molecule has 2 aromatic rings. The van der Waals surface area contributed by atoms with Gasteiger partial charge in [0.2, 0.25) is 11.7 Å². The molecular formula is C11H12N2O3S. The van der Waals surface area contributed by atoms with Crippen LogP contribution in [0.3, 0.4) is 0 Å². The summed E-state index contributed by atoms with van der Waals surface area (Å²) in [5.41, 5.74) is 2.15. The molecule has 0 spiro atoms. The zero-order valence-corrected chi connectivity index (χ0v) is 10.3. The number of hydrogen-bond acceptors (Lipinski definition) is 5. The third kappa shape index (κ3) is 2.52. The second kappa shape index (κ2) is 4.67. The number of hydrogen-bond donors (Lipinski definition) is 1. The smallest absolute Gasteiger partial charge is 0.373 e. The van der Waals surface area contributed by atoms with E-state index in [1.54, 1.807) is 11.7 Å². The van der Waals surface area contributed by atoms with E-state index in [2.05, 4.69) is 9.97 Å². The molecule has 0 saturated carbocycles. The number of carboxylic acids is 1. The maximum absolute atomic E-state index is 11.0. The maximum atomic E-state index is 11.0. The summed E-state index contributed by atoms with van der Waals surface area (Å²) in [6.07, 6.45) is 2.20. The van der Waals surface area contributed by atoms with Gasteiger partial charge in [-0.05, 0) is 12.3 Å². The van der Waals surface area contributed by atoms with E-state index in [0.29, 0.717) is 23.9 Å². The molecule has 90 valence electrons. The highest BCUT2D eigenvalue weighted by Gasteiger charge is 2.21. The molecule has 0 aliphatic carbocycles. The van der Waals surface area contributed by atoms with Gasteiger partial charge in [0.15, 0.2) is 0 Å². The van der Waals surface area contributed by atoms with Crippen LogP contribution < -0.4 is 0 Å². The van der Waals surface area contributed by atoms with E-state index in [1.165, 1.54) is 11.3 Å². The van der Waals surface area contributed by atoms with Crippen LogP contribution in [0.15, 0.2) is 16.1 Å². The summed E-state index contributed by atoms with van der Waals surface area (Å²) in [5.74, 6) is -0.487. The molecule has 5 nitrogen and oxygen atoms in total. The van der Waals surface area contributed by atoms with E-state index in [4.69, 9.17) is 9.52 Å². The van der Waals surface area contributed by atoms with Crippen LogP contribution in [0.2, 0.25) is 0 Å². The van der Waals surface area contributed by atoms with Crippen molar-refractivity contribution in [3.05, 3.63) is 23.2 Å². The van der Waals surface area contributed by atoms with Crippen molar-refractivity contribution in [1.29, 1.82) is 0 Å². The summed E-state index contributed by atoms with van der Waals surface area (Å²) < 4.78 is 5.28. The van der Waals surface area contributed by atoms with Gasteiger partial charge in [-0.3, -0.25) is 4.98 Å². The van der Waals surface area contributed by atoms with Crippen molar-refractivity contribution < 1.29 is 14.3 Å². The van der Waals surface area contributed by atoms with Crippen LogP contribution in [-0.4, -0.2) is 21.0 Å². The lowest BCUT2D eigenvalue weighted by Gasteiger charge is -1.99. The second-order valence-electron chi connectivity index (χ2n) is 4.06. The average Bonchev–Trinajstić information content (AvgIpc) is 2.82. The first-order valence-corrected chi connectivity index (χ1v) is 6.07. The van der Waals surface area contributed by atoms with E-state index in [9.17, 15) is 4.79 Å². The van der Waals surface area contributed by atoms with Crippen molar-refractivity contribution in [2.24, 2.45) is 5.92 Å². The molecule has 0 unspecified atom stereocenters. The van der Waals surface area contributed by atoms with Crippen molar-refractivity contribution in [3.63, 3.8) is 0 Å². The van der Waals surface area contributed by atoms with Crippen LogP contribution in [0, 0.1) is 5.92 Å². The lowest BCUT2D eigenvalue weighted by Crippen LogP contribution is -2.03. The zero-order chi connectivity index (χ0) is 12.4. The molecule has 0 aliphatic rings. The van der Waals surface area contributed by atoms with Crippen molar-refractivity contribution in [1.82, 2.24) is 9.97 Å². The Balaban J connectivity index is 2.41. The molecule has 17 heavy (non-hydrogen) atoms. The normalized spacial score (nSPS) is 11.0. The number of aromatic carboxylic acids is 1. The predicted octanol–water partition coefficient (Wildman–Crippen LogP) is 2.69. The van der Waals surface area contributed by atoms with Gasteiger partial charge in [0.05, 0.1) is 17.4 Å². The number of oxazole rings is 1. The molecule has 6 heteroatoms. The summed E-state index contributed by atoms with van der Waals surface area (Å²) in [6, 6.07) is 0. The third-order valence-corrected chi connectivity index (χ3v) is 2.90. The van der Waals surface area contributed by atoms with Gasteiger partial charge in [-0.25, -0.2) is 9.78 Å². The Morgan fingerprint density at radius 1 is 1.59 bits per heavy atom. The molecule has 0 fully saturated rings. The highest BCUT2D eigenvalue weighted by Crippen LogP contribution is 2.26. The Labute approximate surface area is 102 Å². The monoisotopic (exact) mass is 252 g/mol. The Bertz CT molecular complexity index is 517. The summed E-state index contributed by atoms with van der Waals surface area (Å²) in [5, 5.41) is 9.04. The van der Waals surface area contributed by atoms with Crippen LogP contribution in [0.25, 0.3) is 10.8 Å². The summed E-state index contributed by atoms with van der Waals surface area (Å²) in [4.78, 5) is 19.9. The van der Waals surface area contributed by atoms with Gasteiger partial charge in [-0.1, -0.05) is 13.8 Å². The molecule has 0 atom stereocenters. The number of thiazole rings is 1. The Kier molecular flexibility index (Phi) is 3.23. The lowest BCUT2D eigenvalue weighted by molar-refractivity contribution is 0.0661. The molecule has 1 N–H and O–H groups in total. The standard InChI is InChI=1S/C11H12N2O3S/c1-6(2)3-7-9(11(14)15)16-10(13-7)8-4-12-5-17-8/h4-6H,3H2,1-2H3,(H,14,15). The molecule has 2 aromatic heterocycles. The molecule has 2 rings (SSSR count). The molecule has 0 saturated heterocycles. The highest BCUT2D eigenvalue weighted by atomic mass is 32.1. The van der Waals surface area contributed by atoms with E-state index in [1.807, 2.05) is 13.8 Å². The maximum Gasteiger partial charge on any atom is 0.373 e. The Hall–Kier alpha value is -1.69. The van der Waals surface area contributed by atoms with Gasteiger partial charge in [0.1, 0.15) is 4.88 Å². The third-order valence-electron chi connectivity index (χ3n) is 2.14. The van der Waals surface area contributed by atoms with E-state index >= 15 is 0 Å². The lowest BCUT2D eigenvalue weighted by atomic mass is 10.1. The number of carbonyl (C=O) groups is 1. The van der Waals surface area contributed by atoms with E-state index in [0.717, 1.165) is 4.88 Å². The van der Waals surface area contributed by atoms with Gasteiger partial charge >= 0.3 is 5.97 Å². The first-order valence-electron chi connectivity index (χ1n) is 5.19. The minimum atomic E-state index is -1.08. The average molecular weight is 252 g/mol. The topological polar surface area (TPSA) is 76.2 Å². The first kappa shape index (κ1) is 11.8. The number of rotatable bonds is 4. The van der Waals surface area contributed by atoms with E-state index in [-0.39, 0.29) is 5.76 Å². The van der Waals surface area contributed by atoms with Crippen molar-refractivity contribution in [3.8, 4) is 10.8 Å². The van der Waals surface area contributed by atoms with Crippen LogP contribution in [0.5, 0.6) is 0 Å². The predicted molar refractivity (Wildman–Crippen MR) is 63.1 cm³/mol. The van der Waals surface area contributed by atoms with Crippen molar-refractivity contribution in [2.45, 2.75) is 20.3 Å². The Morgan fingerprint density at radius 3 is 2.88 bits per heavy atom. The summed E-state index contributed by atoms with van der Waals surface area (Å²) >= 11 is 1.37. The molecule has 0 radical (unpaired) electrons. The SMILES string of the molecule is CC(C)Cc1nc(-c2cncs2)oc1C(=O)O. The zero-order valence-electron chi connectivity index (χ0n) is 9.51. The highest BCUT2D eigenvalue weighted by molar-refractivity contribution is 7.13. The van der Waals surface area contributed by atoms with Gasteiger partial charge < -0.3 is 9.52 Å². The Morgan fingerprint density at radius 2 is 2.35 bits per heavy atom. The molecular weight excluding hydrogens is 240 g/mol. The van der Waals surface area contributed by atoms with Gasteiger partial charge in [0.25, 0.3) is 0 Å². The number of aromatic nitrogens is 2. The van der Waals surface area contributed by atoms with Gasteiger partial charge in [-0.15, -0.1) is 11.3 Å². The van der Waals surface area contributed by atoms with Gasteiger partial charge in [-0.2, -0.15) is 0 Å².